The van der Waals surface area contributed by atoms with Crippen molar-refractivity contribution in [2.45, 2.75) is 6.92 Å². The van der Waals surface area contributed by atoms with Crippen molar-refractivity contribution >= 4 is 11.7 Å². The van der Waals surface area contributed by atoms with E-state index in [1.165, 1.54) is 19.2 Å². The molecule has 1 unspecified atom stereocenters. The van der Waals surface area contributed by atoms with E-state index in [-0.39, 0.29) is 17.5 Å². The van der Waals surface area contributed by atoms with E-state index >= 15 is 0 Å². The molecule has 17 heavy (non-hydrogen) atoms. The van der Waals surface area contributed by atoms with Crippen molar-refractivity contribution in [2.24, 2.45) is 5.92 Å². The smallest absolute Gasteiger partial charge is 0.310 e. The molecule has 0 saturated carbocycles. The van der Waals surface area contributed by atoms with E-state index < -0.39 is 5.82 Å². The van der Waals surface area contributed by atoms with E-state index in [9.17, 15) is 9.18 Å². The summed E-state index contributed by atoms with van der Waals surface area (Å²) in [4.78, 5) is 11.2. The highest BCUT2D eigenvalue weighted by molar-refractivity contribution is 5.72. The van der Waals surface area contributed by atoms with Gasteiger partial charge in [0.15, 0.2) is 0 Å². The van der Waals surface area contributed by atoms with Crippen molar-refractivity contribution in [3.05, 3.63) is 29.6 Å². The average molecular weight is 236 g/mol. The minimum atomic E-state index is -0.465. The Bertz CT molecular complexity index is 454. The molecule has 0 heterocycles. The number of carbonyl (C=O) groups excluding carboxylic acids is 1. The van der Waals surface area contributed by atoms with Gasteiger partial charge in [-0.15, -0.1) is 0 Å². The van der Waals surface area contributed by atoms with Crippen molar-refractivity contribution in [1.82, 2.24) is 0 Å². The first-order valence-electron chi connectivity index (χ1n) is 5.09. The molecular weight excluding hydrogens is 223 g/mol. The van der Waals surface area contributed by atoms with E-state index in [0.717, 1.165) is 6.07 Å². The Balaban J connectivity index is 2.70. The summed E-state index contributed by atoms with van der Waals surface area (Å²) < 4.78 is 17.4. The number of nitriles is 1. The van der Waals surface area contributed by atoms with Crippen LogP contribution in [0, 0.1) is 23.1 Å². The maximum atomic E-state index is 12.9. The van der Waals surface area contributed by atoms with Crippen molar-refractivity contribution in [1.29, 1.82) is 5.26 Å². The van der Waals surface area contributed by atoms with Gasteiger partial charge in [-0.3, -0.25) is 4.79 Å². The first-order chi connectivity index (χ1) is 8.08. The highest BCUT2D eigenvalue weighted by Crippen LogP contribution is 2.16. The number of rotatable bonds is 4. The molecular formula is C12H13FN2O2. The monoisotopic (exact) mass is 236 g/mol. The summed E-state index contributed by atoms with van der Waals surface area (Å²) in [7, 11) is 1.32. The third-order valence-electron chi connectivity index (χ3n) is 2.30. The lowest BCUT2D eigenvalue weighted by Crippen LogP contribution is -2.21. The Morgan fingerprint density at radius 2 is 2.35 bits per heavy atom. The van der Waals surface area contributed by atoms with Gasteiger partial charge in [-0.2, -0.15) is 5.26 Å². The third kappa shape index (κ3) is 3.45. The maximum absolute atomic E-state index is 12.9. The number of ether oxygens (including phenoxy) is 1. The lowest BCUT2D eigenvalue weighted by molar-refractivity contribution is -0.144. The molecule has 0 amide bonds. The predicted molar refractivity (Wildman–Crippen MR) is 60.8 cm³/mol. The highest BCUT2D eigenvalue weighted by Gasteiger charge is 2.13. The quantitative estimate of drug-likeness (QED) is 0.811. The van der Waals surface area contributed by atoms with Crippen LogP contribution in [0.3, 0.4) is 0 Å². The molecule has 0 fully saturated rings. The molecule has 0 aliphatic rings. The van der Waals surface area contributed by atoms with Gasteiger partial charge in [-0.1, -0.05) is 6.92 Å². The molecule has 0 aromatic heterocycles. The number of nitrogens with one attached hydrogen (secondary N) is 1. The van der Waals surface area contributed by atoms with Crippen LogP contribution in [0.2, 0.25) is 0 Å². The summed E-state index contributed by atoms with van der Waals surface area (Å²) in [5.74, 6) is -1.14. The number of benzene rings is 1. The standard InChI is InChI=1S/C12H13FN2O2/c1-8(12(16)17-2)7-15-11-4-3-10(13)5-9(11)6-14/h3-5,8,15H,7H2,1-2H3. The molecule has 0 radical (unpaired) electrons. The van der Waals surface area contributed by atoms with Crippen LogP contribution in [-0.2, 0) is 9.53 Å². The van der Waals surface area contributed by atoms with Gasteiger partial charge >= 0.3 is 5.97 Å². The van der Waals surface area contributed by atoms with Crippen molar-refractivity contribution in [2.75, 3.05) is 19.0 Å². The van der Waals surface area contributed by atoms with Gasteiger partial charge in [0.2, 0.25) is 0 Å². The van der Waals surface area contributed by atoms with Crippen LogP contribution < -0.4 is 5.32 Å². The number of halogens is 1. The molecule has 0 aliphatic carbocycles. The Labute approximate surface area is 99.0 Å². The van der Waals surface area contributed by atoms with Crippen LogP contribution in [0.4, 0.5) is 10.1 Å². The van der Waals surface area contributed by atoms with Crippen LogP contribution in [-0.4, -0.2) is 19.6 Å². The first kappa shape index (κ1) is 13.0. The van der Waals surface area contributed by atoms with Gasteiger partial charge in [0.25, 0.3) is 0 Å². The lowest BCUT2D eigenvalue weighted by Gasteiger charge is -2.12. The van der Waals surface area contributed by atoms with E-state index in [2.05, 4.69) is 10.1 Å². The average Bonchev–Trinajstić information content (AvgIpc) is 2.35. The fourth-order valence-electron chi connectivity index (χ4n) is 1.31. The Morgan fingerprint density at radius 3 is 2.94 bits per heavy atom. The van der Waals surface area contributed by atoms with Crippen LogP contribution in [0.15, 0.2) is 18.2 Å². The van der Waals surface area contributed by atoms with Crippen molar-refractivity contribution in [3.8, 4) is 6.07 Å². The molecule has 0 aliphatic heterocycles. The fourth-order valence-corrected chi connectivity index (χ4v) is 1.31. The summed E-state index contributed by atoms with van der Waals surface area (Å²) in [6.07, 6.45) is 0. The van der Waals surface area contributed by atoms with Gasteiger partial charge in [-0.25, -0.2) is 4.39 Å². The number of nitrogens with zero attached hydrogens (tertiary/aromatic N) is 1. The topological polar surface area (TPSA) is 62.1 Å². The molecule has 0 saturated heterocycles. The predicted octanol–water partition coefficient (Wildman–Crippen LogP) is 1.92. The normalized spacial score (nSPS) is 11.4. The minimum absolute atomic E-state index is 0.210. The van der Waals surface area contributed by atoms with E-state index in [0.29, 0.717) is 12.2 Å². The largest absolute Gasteiger partial charge is 0.469 e. The Kier molecular flexibility index (Phi) is 4.46. The third-order valence-corrected chi connectivity index (χ3v) is 2.30. The molecule has 90 valence electrons. The van der Waals surface area contributed by atoms with Crippen LogP contribution in [0.25, 0.3) is 0 Å². The van der Waals surface area contributed by atoms with E-state index in [4.69, 9.17) is 5.26 Å². The molecule has 4 nitrogen and oxygen atoms in total. The second-order valence-corrected chi connectivity index (χ2v) is 3.61. The molecule has 1 aromatic rings. The molecule has 1 rings (SSSR count). The van der Waals surface area contributed by atoms with Crippen molar-refractivity contribution < 1.29 is 13.9 Å². The zero-order valence-corrected chi connectivity index (χ0v) is 9.66. The van der Waals surface area contributed by atoms with E-state index in [1.807, 2.05) is 6.07 Å². The number of carbonyl (C=O) groups is 1. The lowest BCUT2D eigenvalue weighted by atomic mass is 10.1. The molecule has 1 N–H and O–H groups in total. The molecule has 0 spiro atoms. The number of hydrogen-bond acceptors (Lipinski definition) is 4. The first-order valence-corrected chi connectivity index (χ1v) is 5.09. The van der Waals surface area contributed by atoms with Crippen molar-refractivity contribution in [3.63, 3.8) is 0 Å². The van der Waals surface area contributed by atoms with Gasteiger partial charge in [0.1, 0.15) is 11.9 Å². The second-order valence-electron chi connectivity index (χ2n) is 3.61. The molecule has 0 bridgehead atoms. The Hall–Kier alpha value is -2.09. The second kappa shape index (κ2) is 5.85. The van der Waals surface area contributed by atoms with E-state index in [1.54, 1.807) is 6.92 Å². The fraction of sp³-hybridized carbons (Fsp3) is 0.333. The van der Waals surface area contributed by atoms with Gasteiger partial charge in [-0.05, 0) is 18.2 Å². The summed E-state index contributed by atoms with van der Waals surface area (Å²) in [5, 5.41) is 11.7. The number of esters is 1. The summed E-state index contributed by atoms with van der Waals surface area (Å²) in [6, 6.07) is 5.75. The molecule has 1 atom stereocenters. The number of methoxy groups -OCH3 is 1. The summed E-state index contributed by atoms with van der Waals surface area (Å²) >= 11 is 0. The SMILES string of the molecule is COC(=O)C(C)CNc1ccc(F)cc1C#N. The highest BCUT2D eigenvalue weighted by atomic mass is 19.1. The molecule has 5 heteroatoms. The van der Waals surface area contributed by atoms with Crippen LogP contribution in [0.5, 0.6) is 0 Å². The molecule has 1 aromatic carbocycles. The Morgan fingerprint density at radius 1 is 1.65 bits per heavy atom. The summed E-state index contributed by atoms with van der Waals surface area (Å²) in [5.41, 5.74) is 0.715. The van der Waals surface area contributed by atoms with Gasteiger partial charge in [0.05, 0.1) is 24.3 Å². The zero-order valence-electron chi connectivity index (χ0n) is 9.66. The van der Waals surface area contributed by atoms with Gasteiger partial charge in [0, 0.05) is 6.54 Å². The summed E-state index contributed by atoms with van der Waals surface area (Å²) in [6.45, 7) is 2.03. The van der Waals surface area contributed by atoms with Crippen LogP contribution >= 0.6 is 0 Å². The van der Waals surface area contributed by atoms with Crippen LogP contribution in [0.1, 0.15) is 12.5 Å². The zero-order chi connectivity index (χ0) is 12.8. The minimum Gasteiger partial charge on any atom is -0.469 e. The van der Waals surface area contributed by atoms with Gasteiger partial charge < -0.3 is 10.1 Å². The number of hydrogen-bond donors (Lipinski definition) is 1. The maximum Gasteiger partial charge on any atom is 0.310 e. The number of anilines is 1.